The topological polar surface area (TPSA) is 66.4 Å². The molecular weight excluding hydrogens is 274 g/mol. The van der Waals surface area contributed by atoms with Crippen molar-refractivity contribution >= 4 is 23.2 Å². The first kappa shape index (κ1) is 15.0. The second kappa shape index (κ2) is 6.88. The minimum absolute atomic E-state index is 0.254. The van der Waals surface area contributed by atoms with Crippen LogP contribution in [0, 0.1) is 0 Å². The fraction of sp³-hybridized carbons (Fsp3) is 0.600. The Balaban J connectivity index is 2.10. The summed E-state index contributed by atoms with van der Waals surface area (Å²) in [7, 11) is 0. The molecule has 4 nitrogen and oxygen atoms in total. The summed E-state index contributed by atoms with van der Waals surface area (Å²) in [5, 5.41) is 11.6. The van der Waals surface area contributed by atoms with E-state index in [1.165, 1.54) is 47.5 Å². The van der Waals surface area contributed by atoms with Crippen LogP contribution in [0.5, 0.6) is 0 Å². The van der Waals surface area contributed by atoms with E-state index in [1.54, 1.807) is 6.92 Å². The summed E-state index contributed by atoms with van der Waals surface area (Å²) in [6.45, 7) is 1.76. The molecule has 0 saturated carbocycles. The van der Waals surface area contributed by atoms with Gasteiger partial charge in [0.2, 0.25) is 0 Å². The monoisotopic (exact) mass is 295 g/mol. The molecular formula is C15H21NO3S. The number of hydrogen-bond donors (Lipinski definition) is 2. The summed E-state index contributed by atoms with van der Waals surface area (Å²) in [4.78, 5) is 25.1. The van der Waals surface area contributed by atoms with Crippen molar-refractivity contribution in [2.45, 2.75) is 57.9 Å². The number of thiophene rings is 1. The molecule has 2 rings (SSSR count). The Kier molecular flexibility index (Phi) is 5.17. The highest BCUT2D eigenvalue weighted by molar-refractivity contribution is 7.14. The summed E-state index contributed by atoms with van der Waals surface area (Å²) in [6, 6.07) is 1.15. The molecule has 0 unspecified atom stereocenters. The van der Waals surface area contributed by atoms with Gasteiger partial charge in [-0.15, -0.1) is 11.3 Å². The lowest BCUT2D eigenvalue weighted by atomic mass is 10.00. The van der Waals surface area contributed by atoms with Gasteiger partial charge in [0.15, 0.2) is 0 Å². The standard InChI is InChI=1S/C15H21NO3S/c1-2-11(15(18)19)16-14(17)13-9-10-7-5-3-4-6-8-12(10)20-13/h9,11H,2-8H2,1H3,(H,16,17)(H,18,19)/t11-/m0/s1. The molecule has 0 aliphatic heterocycles. The first-order valence-electron chi connectivity index (χ1n) is 7.27. The minimum atomic E-state index is -0.976. The molecule has 1 aliphatic carbocycles. The van der Waals surface area contributed by atoms with Crippen LogP contribution in [-0.4, -0.2) is 23.0 Å². The fourth-order valence-electron chi connectivity index (χ4n) is 2.52. The SMILES string of the molecule is CC[C@H](NC(=O)c1cc2c(s1)CCCCCC2)C(=O)O. The van der Waals surface area contributed by atoms with Crippen LogP contribution in [0.15, 0.2) is 6.07 Å². The van der Waals surface area contributed by atoms with E-state index in [2.05, 4.69) is 5.32 Å². The molecule has 5 heteroatoms. The minimum Gasteiger partial charge on any atom is -0.480 e. The average molecular weight is 295 g/mol. The summed E-state index contributed by atoms with van der Waals surface area (Å²) in [5.41, 5.74) is 1.28. The quantitative estimate of drug-likeness (QED) is 0.897. The number of carboxylic acid groups (broad SMARTS) is 1. The Bertz CT molecular complexity index is 470. The molecule has 20 heavy (non-hydrogen) atoms. The van der Waals surface area contributed by atoms with E-state index in [9.17, 15) is 9.59 Å². The summed E-state index contributed by atoms with van der Waals surface area (Å²) >= 11 is 1.53. The van der Waals surface area contributed by atoms with Gasteiger partial charge in [-0.05, 0) is 43.7 Å². The Morgan fingerprint density at radius 2 is 2.00 bits per heavy atom. The van der Waals surface area contributed by atoms with Gasteiger partial charge in [0.1, 0.15) is 6.04 Å². The molecule has 1 aromatic heterocycles. The molecule has 1 atom stereocenters. The van der Waals surface area contributed by atoms with Crippen LogP contribution in [0.4, 0.5) is 0 Å². The molecule has 0 radical (unpaired) electrons. The van der Waals surface area contributed by atoms with Crippen molar-refractivity contribution in [1.82, 2.24) is 5.32 Å². The average Bonchev–Trinajstić information content (AvgIpc) is 2.78. The highest BCUT2D eigenvalue weighted by Gasteiger charge is 2.21. The molecule has 1 aromatic rings. The Hall–Kier alpha value is -1.36. The molecule has 0 fully saturated rings. The molecule has 1 aliphatic rings. The second-order valence-electron chi connectivity index (χ2n) is 5.25. The fourth-order valence-corrected chi connectivity index (χ4v) is 3.68. The molecule has 0 bridgehead atoms. The van der Waals surface area contributed by atoms with E-state index in [0.29, 0.717) is 11.3 Å². The van der Waals surface area contributed by atoms with Gasteiger partial charge in [-0.25, -0.2) is 4.79 Å². The third-order valence-corrected chi connectivity index (χ3v) is 4.97. The van der Waals surface area contributed by atoms with Crippen LogP contribution in [0.1, 0.15) is 59.1 Å². The van der Waals surface area contributed by atoms with Gasteiger partial charge in [-0.2, -0.15) is 0 Å². The third-order valence-electron chi connectivity index (χ3n) is 3.73. The van der Waals surface area contributed by atoms with Crippen LogP contribution in [0.2, 0.25) is 0 Å². The summed E-state index contributed by atoms with van der Waals surface area (Å²) < 4.78 is 0. The Morgan fingerprint density at radius 3 is 2.65 bits per heavy atom. The van der Waals surface area contributed by atoms with E-state index >= 15 is 0 Å². The van der Waals surface area contributed by atoms with Crippen molar-refractivity contribution in [3.63, 3.8) is 0 Å². The second-order valence-corrected chi connectivity index (χ2v) is 6.38. The van der Waals surface area contributed by atoms with Gasteiger partial charge >= 0.3 is 5.97 Å². The molecule has 0 saturated heterocycles. The lowest BCUT2D eigenvalue weighted by molar-refractivity contribution is -0.139. The van der Waals surface area contributed by atoms with Crippen LogP contribution >= 0.6 is 11.3 Å². The van der Waals surface area contributed by atoms with E-state index in [4.69, 9.17) is 5.11 Å². The van der Waals surface area contributed by atoms with Gasteiger partial charge in [0.25, 0.3) is 5.91 Å². The van der Waals surface area contributed by atoms with Crippen molar-refractivity contribution in [3.05, 3.63) is 21.4 Å². The maximum absolute atomic E-state index is 12.1. The predicted molar refractivity (Wildman–Crippen MR) is 79.4 cm³/mol. The first-order chi connectivity index (χ1) is 9.61. The zero-order valence-electron chi connectivity index (χ0n) is 11.8. The Labute approximate surface area is 123 Å². The van der Waals surface area contributed by atoms with Crippen molar-refractivity contribution in [1.29, 1.82) is 0 Å². The predicted octanol–water partition coefficient (Wildman–Crippen LogP) is 3.00. The van der Waals surface area contributed by atoms with E-state index in [0.717, 1.165) is 12.8 Å². The number of carboxylic acids is 1. The molecule has 0 spiro atoms. The summed E-state index contributed by atoms with van der Waals surface area (Å²) in [5.74, 6) is -1.23. The number of fused-ring (bicyclic) bond motifs is 1. The number of rotatable bonds is 4. The van der Waals surface area contributed by atoms with Crippen LogP contribution in [0.25, 0.3) is 0 Å². The third kappa shape index (κ3) is 3.60. The van der Waals surface area contributed by atoms with Crippen LogP contribution in [0.3, 0.4) is 0 Å². The number of carbonyl (C=O) groups excluding carboxylic acids is 1. The lowest BCUT2D eigenvalue weighted by Gasteiger charge is -2.10. The van der Waals surface area contributed by atoms with Crippen molar-refractivity contribution in [2.24, 2.45) is 0 Å². The van der Waals surface area contributed by atoms with E-state index < -0.39 is 12.0 Å². The lowest BCUT2D eigenvalue weighted by Crippen LogP contribution is -2.39. The molecule has 1 amide bonds. The van der Waals surface area contributed by atoms with Crippen LogP contribution < -0.4 is 5.32 Å². The van der Waals surface area contributed by atoms with Crippen molar-refractivity contribution in [2.75, 3.05) is 0 Å². The van der Waals surface area contributed by atoms with Gasteiger partial charge in [0.05, 0.1) is 4.88 Å². The van der Waals surface area contributed by atoms with Crippen molar-refractivity contribution < 1.29 is 14.7 Å². The van der Waals surface area contributed by atoms with Crippen LogP contribution in [-0.2, 0) is 17.6 Å². The Morgan fingerprint density at radius 1 is 1.30 bits per heavy atom. The molecule has 0 aromatic carbocycles. The van der Waals surface area contributed by atoms with Gasteiger partial charge < -0.3 is 10.4 Å². The number of aliphatic carboxylic acids is 1. The highest BCUT2D eigenvalue weighted by Crippen LogP contribution is 2.28. The maximum atomic E-state index is 12.1. The van der Waals surface area contributed by atoms with Gasteiger partial charge in [-0.1, -0.05) is 19.8 Å². The largest absolute Gasteiger partial charge is 0.480 e. The number of hydrogen-bond acceptors (Lipinski definition) is 3. The van der Waals surface area contributed by atoms with E-state index in [1.807, 2.05) is 6.07 Å². The number of nitrogens with one attached hydrogen (secondary N) is 1. The summed E-state index contributed by atoms with van der Waals surface area (Å²) in [6.07, 6.45) is 7.35. The van der Waals surface area contributed by atoms with Gasteiger partial charge in [0, 0.05) is 4.88 Å². The van der Waals surface area contributed by atoms with Gasteiger partial charge in [-0.3, -0.25) is 4.79 Å². The number of amides is 1. The first-order valence-corrected chi connectivity index (χ1v) is 8.08. The maximum Gasteiger partial charge on any atom is 0.326 e. The smallest absolute Gasteiger partial charge is 0.326 e. The molecule has 1 heterocycles. The molecule has 110 valence electrons. The molecule has 2 N–H and O–H groups in total. The van der Waals surface area contributed by atoms with Crippen molar-refractivity contribution in [3.8, 4) is 0 Å². The zero-order valence-corrected chi connectivity index (χ0v) is 12.6. The van der Waals surface area contributed by atoms with E-state index in [-0.39, 0.29) is 5.91 Å². The zero-order chi connectivity index (χ0) is 14.5. The number of aryl methyl sites for hydroxylation is 2. The highest BCUT2D eigenvalue weighted by atomic mass is 32.1. The number of carbonyl (C=O) groups is 2. The normalized spacial score (nSPS) is 16.6.